The molecule has 0 spiro atoms. The van der Waals surface area contributed by atoms with Crippen LogP contribution >= 0.6 is 0 Å². The van der Waals surface area contributed by atoms with Gasteiger partial charge in [-0.25, -0.2) is 9.59 Å². The molecule has 0 radical (unpaired) electrons. The minimum absolute atomic E-state index is 0.332. The summed E-state index contributed by atoms with van der Waals surface area (Å²) in [6.45, 7) is 3.94. The molecule has 0 aliphatic heterocycles. The summed E-state index contributed by atoms with van der Waals surface area (Å²) in [5, 5.41) is 0. The van der Waals surface area contributed by atoms with Gasteiger partial charge in [0, 0.05) is 0 Å². The van der Waals surface area contributed by atoms with Crippen molar-refractivity contribution in [2.24, 2.45) is 0 Å². The average Bonchev–Trinajstić information content (AvgIpc) is 2.36. The van der Waals surface area contributed by atoms with Crippen LogP contribution in [-0.2, 0) is 19.0 Å². The maximum absolute atomic E-state index is 11.2. The van der Waals surface area contributed by atoms with Gasteiger partial charge in [-0.15, -0.1) is 0 Å². The Morgan fingerprint density at radius 1 is 1.06 bits per heavy atom. The number of hydrogen-bond donors (Lipinski definition) is 0. The fraction of sp³-hybridized carbons (Fsp3) is 0.846. The zero-order valence-corrected chi connectivity index (χ0v) is 11.6. The van der Waals surface area contributed by atoms with Gasteiger partial charge in [0.15, 0.2) is 6.10 Å². The zero-order valence-electron chi connectivity index (χ0n) is 11.6. The summed E-state index contributed by atoms with van der Waals surface area (Å²) in [6, 6.07) is 0. The van der Waals surface area contributed by atoms with E-state index in [4.69, 9.17) is 9.47 Å². The Kier molecular flexibility index (Phi) is 10.1. The Balaban J connectivity index is 3.45. The van der Waals surface area contributed by atoms with Crippen LogP contribution in [-0.4, -0.2) is 31.9 Å². The van der Waals surface area contributed by atoms with Gasteiger partial charge >= 0.3 is 12.1 Å². The highest BCUT2D eigenvalue weighted by atomic mass is 16.7. The summed E-state index contributed by atoms with van der Waals surface area (Å²) in [7, 11) is 1.24. The third kappa shape index (κ3) is 8.84. The summed E-state index contributed by atoms with van der Waals surface area (Å²) >= 11 is 0. The highest BCUT2D eigenvalue weighted by Gasteiger charge is 2.18. The molecular formula is C13H24O5. The molecule has 1 atom stereocenters. The maximum Gasteiger partial charge on any atom is 0.509 e. The number of ether oxygens (including phenoxy) is 3. The lowest BCUT2D eigenvalue weighted by Crippen LogP contribution is -2.25. The lowest BCUT2D eigenvalue weighted by atomic mass is 10.1. The third-order valence-electron chi connectivity index (χ3n) is 2.52. The first kappa shape index (κ1) is 16.7. The van der Waals surface area contributed by atoms with Gasteiger partial charge in [0.2, 0.25) is 0 Å². The van der Waals surface area contributed by atoms with Crippen molar-refractivity contribution in [2.75, 3.05) is 13.7 Å². The Labute approximate surface area is 109 Å². The van der Waals surface area contributed by atoms with Crippen LogP contribution in [0.25, 0.3) is 0 Å². The van der Waals surface area contributed by atoms with E-state index in [0.717, 1.165) is 19.3 Å². The Bertz CT molecular complexity index is 240. The third-order valence-corrected chi connectivity index (χ3v) is 2.52. The summed E-state index contributed by atoms with van der Waals surface area (Å²) in [5.74, 6) is -0.591. The molecule has 106 valence electrons. The van der Waals surface area contributed by atoms with E-state index in [1.807, 2.05) is 0 Å². The fourth-order valence-electron chi connectivity index (χ4n) is 1.43. The predicted octanol–water partition coefficient (Wildman–Crippen LogP) is 3.06. The molecule has 0 aromatic rings. The van der Waals surface area contributed by atoms with Gasteiger partial charge in [0.1, 0.15) is 0 Å². The van der Waals surface area contributed by atoms with Crippen molar-refractivity contribution in [1.82, 2.24) is 0 Å². The molecule has 0 N–H and O–H groups in total. The standard InChI is InChI=1S/C13H24O5/c1-4-5-6-7-8-9-10-17-13(15)18-11(2)12(14)16-3/h11H,4-10H2,1-3H3. The van der Waals surface area contributed by atoms with Crippen LogP contribution in [0.3, 0.4) is 0 Å². The number of hydrogen-bond acceptors (Lipinski definition) is 5. The monoisotopic (exact) mass is 260 g/mol. The van der Waals surface area contributed by atoms with Crippen molar-refractivity contribution in [3.8, 4) is 0 Å². The first-order chi connectivity index (χ1) is 8.61. The van der Waals surface area contributed by atoms with Crippen LogP contribution in [0.1, 0.15) is 52.4 Å². The van der Waals surface area contributed by atoms with Crippen molar-refractivity contribution < 1.29 is 23.8 Å². The Hall–Kier alpha value is -1.26. The number of esters is 1. The molecule has 1 unspecified atom stereocenters. The summed E-state index contributed by atoms with van der Waals surface area (Å²) in [6.07, 6.45) is 4.97. The van der Waals surface area contributed by atoms with E-state index in [-0.39, 0.29) is 0 Å². The average molecular weight is 260 g/mol. The first-order valence-electron chi connectivity index (χ1n) is 6.53. The molecule has 0 rings (SSSR count). The first-order valence-corrected chi connectivity index (χ1v) is 6.53. The highest BCUT2D eigenvalue weighted by molar-refractivity contribution is 5.76. The zero-order chi connectivity index (χ0) is 13.8. The molecule has 18 heavy (non-hydrogen) atoms. The largest absolute Gasteiger partial charge is 0.509 e. The summed E-state index contributed by atoms with van der Waals surface area (Å²) in [5.41, 5.74) is 0. The predicted molar refractivity (Wildman–Crippen MR) is 67.3 cm³/mol. The van der Waals surface area contributed by atoms with Crippen LogP contribution in [0.2, 0.25) is 0 Å². The van der Waals surface area contributed by atoms with E-state index in [2.05, 4.69) is 11.7 Å². The number of rotatable bonds is 9. The van der Waals surface area contributed by atoms with Crippen molar-refractivity contribution in [2.45, 2.75) is 58.5 Å². The van der Waals surface area contributed by atoms with Gasteiger partial charge in [-0.1, -0.05) is 39.0 Å². The molecule has 0 amide bonds. The quantitative estimate of drug-likeness (QED) is 0.471. The van der Waals surface area contributed by atoms with Gasteiger partial charge in [-0.3, -0.25) is 0 Å². The molecule has 0 heterocycles. The van der Waals surface area contributed by atoms with E-state index in [1.165, 1.54) is 33.3 Å². The number of unbranched alkanes of at least 4 members (excludes halogenated alkanes) is 5. The number of carbonyl (C=O) groups excluding carboxylic acids is 2. The van der Waals surface area contributed by atoms with Gasteiger partial charge in [0.25, 0.3) is 0 Å². The van der Waals surface area contributed by atoms with Gasteiger partial charge in [-0.05, 0) is 13.3 Å². The van der Waals surface area contributed by atoms with Crippen LogP contribution < -0.4 is 0 Å². The normalized spacial score (nSPS) is 11.7. The van der Waals surface area contributed by atoms with Gasteiger partial charge in [-0.2, -0.15) is 0 Å². The molecule has 0 aromatic heterocycles. The smallest absolute Gasteiger partial charge is 0.466 e. The maximum atomic E-state index is 11.2. The number of methoxy groups -OCH3 is 1. The van der Waals surface area contributed by atoms with Crippen LogP contribution in [0, 0.1) is 0 Å². The molecule has 0 saturated carbocycles. The topological polar surface area (TPSA) is 61.8 Å². The fourth-order valence-corrected chi connectivity index (χ4v) is 1.43. The van der Waals surface area contributed by atoms with E-state index >= 15 is 0 Å². The Morgan fingerprint density at radius 3 is 2.28 bits per heavy atom. The van der Waals surface area contributed by atoms with E-state index < -0.39 is 18.2 Å². The highest BCUT2D eigenvalue weighted by Crippen LogP contribution is 2.05. The lowest BCUT2D eigenvalue weighted by Gasteiger charge is -2.10. The molecule has 0 aliphatic carbocycles. The lowest BCUT2D eigenvalue weighted by molar-refractivity contribution is -0.150. The minimum Gasteiger partial charge on any atom is -0.466 e. The SMILES string of the molecule is CCCCCCCCOC(=O)OC(C)C(=O)OC. The van der Waals surface area contributed by atoms with Crippen LogP contribution in [0.15, 0.2) is 0 Å². The van der Waals surface area contributed by atoms with Crippen molar-refractivity contribution in [1.29, 1.82) is 0 Å². The van der Waals surface area contributed by atoms with Crippen molar-refractivity contribution >= 4 is 12.1 Å². The molecule has 5 nitrogen and oxygen atoms in total. The second kappa shape index (κ2) is 10.9. The minimum atomic E-state index is -0.924. The van der Waals surface area contributed by atoms with Gasteiger partial charge < -0.3 is 14.2 Å². The van der Waals surface area contributed by atoms with Gasteiger partial charge in [0.05, 0.1) is 13.7 Å². The van der Waals surface area contributed by atoms with E-state index in [0.29, 0.717) is 6.61 Å². The summed E-state index contributed by atoms with van der Waals surface area (Å²) in [4.78, 5) is 22.1. The molecule has 0 saturated heterocycles. The molecule has 0 fully saturated rings. The molecular weight excluding hydrogens is 236 g/mol. The molecule has 5 heteroatoms. The number of carbonyl (C=O) groups is 2. The van der Waals surface area contributed by atoms with E-state index in [9.17, 15) is 9.59 Å². The molecule has 0 aromatic carbocycles. The second-order valence-electron chi connectivity index (χ2n) is 4.15. The molecule has 0 bridgehead atoms. The van der Waals surface area contributed by atoms with E-state index in [1.54, 1.807) is 0 Å². The Morgan fingerprint density at radius 2 is 1.67 bits per heavy atom. The van der Waals surface area contributed by atoms with Crippen molar-refractivity contribution in [3.63, 3.8) is 0 Å². The van der Waals surface area contributed by atoms with Crippen molar-refractivity contribution in [3.05, 3.63) is 0 Å². The molecule has 0 aliphatic rings. The summed E-state index contributed by atoms with van der Waals surface area (Å²) < 4.78 is 14.0. The second-order valence-corrected chi connectivity index (χ2v) is 4.15. The van der Waals surface area contributed by atoms with Crippen LogP contribution in [0.4, 0.5) is 4.79 Å². The van der Waals surface area contributed by atoms with Crippen LogP contribution in [0.5, 0.6) is 0 Å².